The van der Waals surface area contributed by atoms with Crippen LogP contribution in [0.5, 0.6) is 0 Å². The Bertz CT molecular complexity index is 966. The van der Waals surface area contributed by atoms with Crippen molar-refractivity contribution in [3.63, 3.8) is 0 Å². The Morgan fingerprint density at radius 1 is 1.19 bits per heavy atom. The van der Waals surface area contributed by atoms with Crippen LogP contribution in [0.1, 0.15) is 73.5 Å². The molecule has 1 aromatic carbocycles. The van der Waals surface area contributed by atoms with E-state index in [-0.39, 0.29) is 41.8 Å². The van der Waals surface area contributed by atoms with Crippen LogP contribution in [0.15, 0.2) is 41.1 Å². The Morgan fingerprint density at radius 3 is 2.52 bits per heavy atom. The van der Waals surface area contributed by atoms with Gasteiger partial charge in [-0.25, -0.2) is 0 Å². The van der Waals surface area contributed by atoms with Crippen LogP contribution in [0.4, 0.5) is 0 Å². The van der Waals surface area contributed by atoms with Gasteiger partial charge in [-0.05, 0) is 52.6 Å². The predicted octanol–water partition coefficient (Wildman–Crippen LogP) is 4.50. The lowest BCUT2D eigenvalue weighted by molar-refractivity contribution is -0.118. The molecule has 1 atom stereocenters. The highest BCUT2D eigenvalue weighted by atomic mass is 79.9. The van der Waals surface area contributed by atoms with E-state index in [9.17, 15) is 9.59 Å². The highest BCUT2D eigenvalue weighted by Crippen LogP contribution is 2.32. The maximum absolute atomic E-state index is 12.6. The van der Waals surface area contributed by atoms with Crippen molar-refractivity contribution in [2.75, 3.05) is 6.54 Å². The number of Topliss-reactive ketones (excluding diaryl/α,β-unsaturated/α-hetero) is 1. The predicted molar refractivity (Wildman–Crippen MR) is 128 cm³/mol. The second kappa shape index (κ2) is 10.7. The summed E-state index contributed by atoms with van der Waals surface area (Å²) in [6, 6.07) is 8.00. The van der Waals surface area contributed by atoms with Gasteiger partial charge in [0.1, 0.15) is 0 Å². The van der Waals surface area contributed by atoms with Crippen LogP contribution >= 0.6 is 15.9 Å². The number of nitrogens with zero attached hydrogens (tertiary/aromatic N) is 1. The van der Waals surface area contributed by atoms with Crippen molar-refractivity contribution in [2.24, 2.45) is 5.73 Å². The molecule has 0 radical (unpaired) electrons. The summed E-state index contributed by atoms with van der Waals surface area (Å²) >= 11 is 3.60. The van der Waals surface area contributed by atoms with Gasteiger partial charge in [0.05, 0.1) is 17.9 Å². The molecule has 0 unspecified atom stereocenters. The third kappa shape index (κ3) is 7.58. The van der Waals surface area contributed by atoms with Gasteiger partial charge >= 0.3 is 0 Å². The molecule has 0 spiro atoms. The Labute approximate surface area is 192 Å². The summed E-state index contributed by atoms with van der Waals surface area (Å²) in [6.07, 6.45) is 4.43. The molecule has 0 saturated carbocycles. The van der Waals surface area contributed by atoms with Gasteiger partial charge in [-0.3, -0.25) is 20.0 Å². The smallest absolute Gasteiger partial charge is 0.253 e. The number of rotatable bonds is 9. The molecule has 2 aromatic rings. The zero-order valence-electron chi connectivity index (χ0n) is 18.6. The molecular formula is C24H31BrN4O2. The molecule has 0 aliphatic rings. The van der Waals surface area contributed by atoms with Crippen molar-refractivity contribution in [3.05, 3.63) is 63.4 Å². The summed E-state index contributed by atoms with van der Waals surface area (Å²) in [6.45, 7) is 8.54. The van der Waals surface area contributed by atoms with Gasteiger partial charge in [0.2, 0.25) is 0 Å². The first kappa shape index (κ1) is 24.7. The Morgan fingerprint density at radius 2 is 1.90 bits per heavy atom. The first-order valence-electron chi connectivity index (χ1n) is 10.4. The lowest BCUT2D eigenvalue weighted by Gasteiger charge is -2.23. The molecular weight excluding hydrogens is 456 g/mol. The van der Waals surface area contributed by atoms with E-state index in [0.29, 0.717) is 17.5 Å². The van der Waals surface area contributed by atoms with Crippen LogP contribution in [0.2, 0.25) is 0 Å². The Balaban J connectivity index is 2.02. The molecule has 2 rings (SSSR count). The van der Waals surface area contributed by atoms with Crippen molar-refractivity contribution in [1.29, 1.82) is 5.41 Å². The van der Waals surface area contributed by atoms with E-state index in [1.54, 1.807) is 12.3 Å². The second-order valence-corrected chi connectivity index (χ2v) is 9.75. The van der Waals surface area contributed by atoms with E-state index < -0.39 is 0 Å². The standard InChI is InChI=1S/C24H31BrN4O2/c1-5-16(17-8-19(24(2,3)4)11-20(25)9-17)10-21(30)14-29-23(31)18-6-15(7-22(26)27)12-28-13-18/h6,8-9,11-13,16H,5,7,10,14H2,1-4H3,(H3,26,27)(H,29,31)/t16-/m1/s1. The van der Waals surface area contributed by atoms with E-state index in [0.717, 1.165) is 16.5 Å². The maximum Gasteiger partial charge on any atom is 0.253 e. The van der Waals surface area contributed by atoms with Gasteiger partial charge < -0.3 is 11.1 Å². The van der Waals surface area contributed by atoms with Gasteiger partial charge in [-0.15, -0.1) is 0 Å². The monoisotopic (exact) mass is 486 g/mol. The number of benzene rings is 1. The number of amidine groups is 1. The number of carbonyl (C=O) groups excluding carboxylic acids is 2. The molecule has 1 heterocycles. The van der Waals surface area contributed by atoms with Crippen molar-refractivity contribution in [1.82, 2.24) is 10.3 Å². The molecule has 6 nitrogen and oxygen atoms in total. The van der Waals surface area contributed by atoms with Gasteiger partial charge in [0, 0.05) is 29.7 Å². The average molecular weight is 487 g/mol. The minimum atomic E-state index is -0.364. The van der Waals surface area contributed by atoms with Crippen molar-refractivity contribution in [2.45, 2.75) is 58.3 Å². The molecule has 0 bridgehead atoms. The van der Waals surface area contributed by atoms with Crippen LogP contribution in [-0.2, 0) is 16.6 Å². The third-order valence-electron chi connectivity index (χ3n) is 5.12. The summed E-state index contributed by atoms with van der Waals surface area (Å²) < 4.78 is 1.01. The normalized spacial score (nSPS) is 12.3. The number of hydrogen-bond acceptors (Lipinski definition) is 4. The van der Waals surface area contributed by atoms with Gasteiger partial charge in [-0.2, -0.15) is 0 Å². The van der Waals surface area contributed by atoms with E-state index in [4.69, 9.17) is 11.1 Å². The average Bonchev–Trinajstić information content (AvgIpc) is 2.68. The molecule has 0 saturated heterocycles. The zero-order chi connectivity index (χ0) is 23.2. The van der Waals surface area contributed by atoms with Crippen LogP contribution in [0, 0.1) is 5.41 Å². The topological polar surface area (TPSA) is 109 Å². The first-order chi connectivity index (χ1) is 14.5. The van der Waals surface area contributed by atoms with E-state index >= 15 is 0 Å². The molecule has 0 fully saturated rings. The molecule has 1 aromatic heterocycles. The van der Waals surface area contributed by atoms with Crippen LogP contribution in [0.3, 0.4) is 0 Å². The second-order valence-electron chi connectivity index (χ2n) is 8.84. The first-order valence-corrected chi connectivity index (χ1v) is 11.2. The third-order valence-corrected chi connectivity index (χ3v) is 5.58. The quantitative estimate of drug-likeness (QED) is 0.357. The molecule has 31 heavy (non-hydrogen) atoms. The number of amides is 1. The fourth-order valence-electron chi connectivity index (χ4n) is 3.34. The van der Waals surface area contributed by atoms with Crippen molar-refractivity contribution < 1.29 is 9.59 Å². The lowest BCUT2D eigenvalue weighted by atomic mass is 9.83. The summed E-state index contributed by atoms with van der Waals surface area (Å²) in [5.74, 6) is -0.298. The number of nitrogens with one attached hydrogen (secondary N) is 2. The number of pyridine rings is 1. The van der Waals surface area contributed by atoms with Crippen LogP contribution in [-0.4, -0.2) is 29.1 Å². The van der Waals surface area contributed by atoms with E-state index in [1.165, 1.54) is 11.8 Å². The minimum Gasteiger partial charge on any atom is -0.387 e. The Kier molecular flexibility index (Phi) is 8.51. The largest absolute Gasteiger partial charge is 0.387 e. The molecule has 4 N–H and O–H groups in total. The number of aromatic nitrogens is 1. The number of nitrogens with two attached hydrogens (primary N) is 1. The highest BCUT2D eigenvalue weighted by Gasteiger charge is 2.20. The number of hydrogen-bond donors (Lipinski definition) is 3. The summed E-state index contributed by atoms with van der Waals surface area (Å²) in [4.78, 5) is 29.1. The van der Waals surface area contributed by atoms with Crippen LogP contribution < -0.4 is 11.1 Å². The molecule has 166 valence electrons. The number of ketones is 1. The lowest BCUT2D eigenvalue weighted by Crippen LogP contribution is -2.30. The van der Waals surface area contributed by atoms with Gasteiger partial charge in [-0.1, -0.05) is 49.7 Å². The fraction of sp³-hybridized carbons (Fsp3) is 0.417. The van der Waals surface area contributed by atoms with Crippen molar-refractivity contribution >= 4 is 33.5 Å². The van der Waals surface area contributed by atoms with Crippen molar-refractivity contribution in [3.8, 4) is 0 Å². The molecule has 0 aliphatic heterocycles. The number of carbonyl (C=O) groups is 2. The zero-order valence-corrected chi connectivity index (χ0v) is 20.2. The fourth-order valence-corrected chi connectivity index (χ4v) is 3.85. The Hall–Kier alpha value is -2.54. The number of halogens is 1. The molecule has 1 amide bonds. The van der Waals surface area contributed by atoms with E-state index in [2.05, 4.69) is 72.1 Å². The maximum atomic E-state index is 12.6. The molecule has 0 aliphatic carbocycles. The summed E-state index contributed by atoms with van der Waals surface area (Å²) in [5, 5.41) is 10.0. The molecule has 7 heteroatoms. The van der Waals surface area contributed by atoms with E-state index in [1.807, 2.05) is 0 Å². The van der Waals surface area contributed by atoms with Gasteiger partial charge in [0.15, 0.2) is 5.78 Å². The highest BCUT2D eigenvalue weighted by molar-refractivity contribution is 9.10. The summed E-state index contributed by atoms with van der Waals surface area (Å²) in [7, 11) is 0. The minimum absolute atomic E-state index is 0.00214. The van der Waals surface area contributed by atoms with Crippen LogP contribution in [0.25, 0.3) is 0 Å². The SMILES string of the molecule is CC[C@H](CC(=O)CNC(=O)c1cncc(CC(=N)N)c1)c1cc(Br)cc(C(C)(C)C)c1. The van der Waals surface area contributed by atoms with Gasteiger partial charge in [0.25, 0.3) is 5.91 Å². The summed E-state index contributed by atoms with van der Waals surface area (Å²) in [5.41, 5.74) is 8.79.